The number of nitrogens with zero attached hydrogens (tertiary/aromatic N) is 9. The van der Waals surface area contributed by atoms with Gasteiger partial charge in [0.15, 0.2) is 11.4 Å². The smallest absolute Gasteiger partial charge is 0.573 e. The average molecular weight is 933 g/mol. The first kappa shape index (κ1) is 38.0. The first-order valence-electron chi connectivity index (χ1n) is 18.6. The van der Waals surface area contributed by atoms with Gasteiger partial charge in [-0.2, -0.15) is 11.3 Å². The van der Waals surface area contributed by atoms with Crippen LogP contribution in [-0.4, -0.2) is 24.2 Å². The first-order chi connectivity index (χ1) is 27.4. The van der Waals surface area contributed by atoms with Crippen molar-refractivity contribution in [2.24, 2.45) is 0 Å². The van der Waals surface area contributed by atoms with Crippen molar-refractivity contribution in [3.05, 3.63) is 149 Å². The zero-order valence-electron chi connectivity index (χ0n) is 32.7. The minimum atomic E-state index is -0.0722. The van der Waals surface area contributed by atoms with Gasteiger partial charge in [-0.15, -0.1) is 17.5 Å². The average Bonchev–Trinajstić information content (AvgIpc) is 3.92. The number of hydrogen-bond acceptors (Lipinski definition) is 4. The van der Waals surface area contributed by atoms with Gasteiger partial charge >= 0.3 is 21.1 Å². The summed E-state index contributed by atoms with van der Waals surface area (Å²) in [5.41, 5.74) is 9.16. The van der Waals surface area contributed by atoms with Crippen molar-refractivity contribution in [2.75, 3.05) is 0 Å². The zero-order valence-corrected chi connectivity index (χ0v) is 34.9. The molecule has 0 saturated carbocycles. The molecule has 9 nitrogen and oxygen atoms in total. The van der Waals surface area contributed by atoms with Gasteiger partial charge in [-0.25, -0.2) is 19.7 Å². The maximum absolute atomic E-state index is 9.95. The van der Waals surface area contributed by atoms with Crippen LogP contribution < -0.4 is 5.10 Å². The summed E-state index contributed by atoms with van der Waals surface area (Å²) in [5.74, 6) is 0.828. The molecule has 9 rings (SSSR count). The van der Waals surface area contributed by atoms with Gasteiger partial charge in [0.25, 0.3) is 0 Å². The molecule has 0 unspecified atom stereocenters. The number of fused-ring (bicyclic) bond motifs is 6. The largest absolute Gasteiger partial charge is 2.00 e. The van der Waals surface area contributed by atoms with Crippen LogP contribution in [0.2, 0.25) is 0 Å². The summed E-state index contributed by atoms with van der Waals surface area (Å²) in [5, 5.41) is 23.1. The van der Waals surface area contributed by atoms with Gasteiger partial charge in [-0.05, 0) is 75.9 Å². The van der Waals surface area contributed by atoms with Crippen LogP contribution in [0.4, 0.5) is 11.4 Å². The third-order valence-electron chi connectivity index (χ3n) is 10.7. The number of aromatic nitrogens is 6. The van der Waals surface area contributed by atoms with Crippen LogP contribution in [0.15, 0.2) is 103 Å². The Kier molecular flexibility index (Phi) is 9.16. The second kappa shape index (κ2) is 14.0. The van der Waals surface area contributed by atoms with Crippen LogP contribution in [0.5, 0.6) is 0 Å². The molecule has 10 heteroatoms. The van der Waals surface area contributed by atoms with E-state index in [-0.39, 0.29) is 48.8 Å². The normalized spacial score (nSPS) is 11.8. The van der Waals surface area contributed by atoms with Crippen molar-refractivity contribution >= 4 is 55.1 Å². The Labute approximate surface area is 350 Å². The summed E-state index contributed by atoms with van der Waals surface area (Å²) in [6.45, 7) is 28.5. The van der Waals surface area contributed by atoms with Crippen molar-refractivity contribution in [3.8, 4) is 40.2 Å². The Bertz CT molecular complexity index is 3220. The number of pyridine rings is 2. The quantitative estimate of drug-likeness (QED) is 0.164. The van der Waals surface area contributed by atoms with E-state index in [4.69, 9.17) is 23.1 Å². The molecular weight excluding hydrogens is 898 g/mol. The molecule has 0 atom stereocenters. The van der Waals surface area contributed by atoms with Gasteiger partial charge in [0.2, 0.25) is 0 Å². The first-order valence-corrected chi connectivity index (χ1v) is 18.6. The molecule has 0 radical (unpaired) electrons. The maximum atomic E-state index is 9.95. The molecule has 0 spiro atoms. The minimum Gasteiger partial charge on any atom is -0.573 e. The Hall–Kier alpha value is -6.85. The van der Waals surface area contributed by atoms with E-state index < -0.39 is 0 Å². The van der Waals surface area contributed by atoms with Crippen molar-refractivity contribution in [1.82, 2.24) is 29.3 Å². The van der Waals surface area contributed by atoms with E-state index >= 15 is 0 Å². The van der Waals surface area contributed by atoms with Crippen molar-refractivity contribution in [1.29, 1.82) is 5.26 Å². The van der Waals surface area contributed by atoms with E-state index in [1.807, 2.05) is 12.3 Å². The number of para-hydroxylation sites is 1. The van der Waals surface area contributed by atoms with Crippen LogP contribution in [0, 0.1) is 30.5 Å². The summed E-state index contributed by atoms with van der Waals surface area (Å²) in [7, 11) is 0. The molecule has 0 N–H and O–H groups in total. The molecule has 0 aliphatic rings. The van der Waals surface area contributed by atoms with Gasteiger partial charge in [-0.3, -0.25) is 0 Å². The monoisotopic (exact) mass is 932 g/mol. The van der Waals surface area contributed by atoms with Crippen LogP contribution in [-0.2, 0) is 31.9 Å². The fourth-order valence-corrected chi connectivity index (χ4v) is 7.66. The van der Waals surface area contributed by atoms with Crippen LogP contribution in [0.3, 0.4) is 0 Å². The van der Waals surface area contributed by atoms with Crippen LogP contribution in [0.25, 0.3) is 87.6 Å². The zero-order chi connectivity index (χ0) is 39.8. The van der Waals surface area contributed by atoms with E-state index in [2.05, 4.69) is 155 Å². The van der Waals surface area contributed by atoms with E-state index in [1.54, 1.807) is 6.07 Å². The SMILES string of the molecule is [C-]#[N+]c1cc(C#N)c(-c2cc(-c3ccc4c5cc(C(C)(C)C)ccc5n(-c5[c-]c6c(cc5)c5ccccc5n6-c5cc(C(C)(C)C)ccn5)c4n3)[n-]n2)c([N+]#[C-])c1.[Pt+2]. The predicted molar refractivity (Wildman–Crippen MR) is 226 cm³/mol. The van der Waals surface area contributed by atoms with Crippen molar-refractivity contribution in [2.45, 2.75) is 52.4 Å². The second-order valence-corrected chi connectivity index (χ2v) is 16.3. The topological polar surface area (TPSA) is 95.1 Å². The van der Waals surface area contributed by atoms with Gasteiger partial charge < -0.3 is 19.3 Å². The number of rotatable bonds is 4. The van der Waals surface area contributed by atoms with Gasteiger partial charge in [0, 0.05) is 39.3 Å². The number of benzene rings is 4. The Balaban J connectivity index is 0.00000469. The molecule has 0 saturated heterocycles. The summed E-state index contributed by atoms with van der Waals surface area (Å²) < 4.78 is 4.36. The molecule has 282 valence electrons. The molecule has 0 bridgehead atoms. The molecule has 0 amide bonds. The van der Waals surface area contributed by atoms with Crippen molar-refractivity contribution in [3.63, 3.8) is 0 Å². The molecule has 5 heterocycles. The summed E-state index contributed by atoms with van der Waals surface area (Å²) >= 11 is 0. The van der Waals surface area contributed by atoms with Gasteiger partial charge in [0.05, 0.1) is 30.4 Å². The molecule has 0 aliphatic heterocycles. The Morgan fingerprint density at radius 1 is 0.724 bits per heavy atom. The molecular formula is C48H35N9Pt. The van der Waals surface area contributed by atoms with Crippen LogP contribution in [0.1, 0.15) is 58.2 Å². The molecule has 9 aromatic rings. The van der Waals surface area contributed by atoms with Crippen LogP contribution >= 0.6 is 0 Å². The summed E-state index contributed by atoms with van der Waals surface area (Å²) in [6, 6.07) is 38.2. The van der Waals surface area contributed by atoms with E-state index in [0.717, 1.165) is 55.2 Å². The molecule has 58 heavy (non-hydrogen) atoms. The summed E-state index contributed by atoms with van der Waals surface area (Å²) in [4.78, 5) is 17.2. The Morgan fingerprint density at radius 3 is 2.21 bits per heavy atom. The number of hydrogen-bond donors (Lipinski definition) is 0. The standard InChI is InChI=1S/C48H35N9.Pt/c1-47(2,3)29-13-18-42-36(22-29)35-16-17-37(38-26-40(55-54-38)45-28(27-49)21-31(50-7)24-39(45)51-8)53-46(35)56(42)32-14-15-34-33-11-9-10-12-41(33)57(43(34)25-32)44-23-30(19-20-52-44)48(4,5)6;/h9-24,26H,1-6H3;/q-2;+2. The van der Waals surface area contributed by atoms with E-state index in [0.29, 0.717) is 22.6 Å². The maximum Gasteiger partial charge on any atom is 2.00 e. The molecule has 0 aliphatic carbocycles. The molecule has 4 aromatic carbocycles. The van der Waals surface area contributed by atoms with Gasteiger partial charge in [0.1, 0.15) is 11.5 Å². The minimum absolute atomic E-state index is 0. The fourth-order valence-electron chi connectivity index (χ4n) is 7.66. The molecule has 0 fully saturated rings. The second-order valence-electron chi connectivity index (χ2n) is 16.3. The number of nitriles is 1. The third kappa shape index (κ3) is 6.15. The summed E-state index contributed by atoms with van der Waals surface area (Å²) in [6.07, 6.45) is 1.88. The predicted octanol–water partition coefficient (Wildman–Crippen LogP) is 11.7. The Morgan fingerprint density at radius 2 is 1.47 bits per heavy atom. The van der Waals surface area contributed by atoms with E-state index in [1.165, 1.54) is 23.3 Å². The molecule has 5 aromatic heterocycles. The van der Waals surface area contributed by atoms with Gasteiger partial charge in [-0.1, -0.05) is 94.8 Å². The van der Waals surface area contributed by atoms with Crippen molar-refractivity contribution < 1.29 is 21.1 Å². The van der Waals surface area contributed by atoms with E-state index in [9.17, 15) is 5.26 Å². The third-order valence-corrected chi connectivity index (χ3v) is 10.7. The fraction of sp³-hybridized carbons (Fsp3) is 0.167.